The number of anilines is 1. The van der Waals surface area contributed by atoms with Crippen molar-refractivity contribution in [2.24, 2.45) is 11.8 Å². The lowest BCUT2D eigenvalue weighted by Gasteiger charge is -2.32. The lowest BCUT2D eigenvalue weighted by molar-refractivity contribution is 0.0979. The Bertz CT molecular complexity index is 1390. The van der Waals surface area contributed by atoms with Gasteiger partial charge in [-0.3, -0.25) is 4.79 Å². The Morgan fingerprint density at radius 1 is 0.925 bits per heavy atom. The molecule has 0 unspecified atom stereocenters. The number of nitrogens with zero attached hydrogens (tertiary/aromatic N) is 3. The molecule has 1 amide bonds. The van der Waals surface area contributed by atoms with E-state index < -0.39 is 15.9 Å². The number of benzene rings is 2. The minimum Gasteiger partial charge on any atom is -0.341 e. The Hall–Kier alpha value is -2.78. The third kappa shape index (κ3) is 7.49. The molecule has 1 aliphatic heterocycles. The number of halogens is 1. The van der Waals surface area contributed by atoms with Crippen LogP contribution in [0.1, 0.15) is 73.0 Å². The summed E-state index contributed by atoms with van der Waals surface area (Å²) in [6.07, 6.45) is 12.5. The average Bonchev–Trinajstić information content (AvgIpc) is 2.97. The van der Waals surface area contributed by atoms with E-state index in [4.69, 9.17) is 4.98 Å². The van der Waals surface area contributed by atoms with Gasteiger partial charge in [-0.15, -0.1) is 0 Å². The van der Waals surface area contributed by atoms with Crippen LogP contribution in [0.15, 0.2) is 70.2 Å². The number of carbonyl (C=O) groups is 1. The Morgan fingerprint density at radius 2 is 1.62 bits per heavy atom. The van der Waals surface area contributed by atoms with E-state index in [-0.39, 0.29) is 10.5 Å². The second-order valence-electron chi connectivity index (χ2n) is 11.1. The Morgan fingerprint density at radius 3 is 2.33 bits per heavy atom. The van der Waals surface area contributed by atoms with Gasteiger partial charge in [-0.25, -0.2) is 23.1 Å². The van der Waals surface area contributed by atoms with Gasteiger partial charge in [0.05, 0.1) is 16.2 Å². The van der Waals surface area contributed by atoms with E-state index in [1.165, 1.54) is 56.0 Å². The fraction of sp³-hybridized carbons (Fsp3) is 0.452. The minimum atomic E-state index is -4.03. The SMILES string of the molecule is O=C(NS(=O)(=O)c1ccc(Br)cc1)c1cnc(N2CCC(Cc3ccccc3)CC2)nc1CCC1CCCCC1. The Labute approximate surface area is 246 Å². The van der Waals surface area contributed by atoms with E-state index in [0.717, 1.165) is 43.2 Å². The van der Waals surface area contributed by atoms with Crippen LogP contribution in [0.2, 0.25) is 0 Å². The van der Waals surface area contributed by atoms with Gasteiger partial charge in [0, 0.05) is 23.8 Å². The summed E-state index contributed by atoms with van der Waals surface area (Å²) in [4.78, 5) is 24.9. The van der Waals surface area contributed by atoms with Gasteiger partial charge in [0.1, 0.15) is 0 Å². The zero-order chi connectivity index (χ0) is 28.0. The lowest BCUT2D eigenvalue weighted by Crippen LogP contribution is -2.36. The quantitative estimate of drug-likeness (QED) is 0.299. The van der Waals surface area contributed by atoms with Crippen molar-refractivity contribution >= 4 is 37.8 Å². The van der Waals surface area contributed by atoms with Crippen LogP contribution in [-0.2, 0) is 22.9 Å². The molecule has 9 heteroatoms. The number of sulfonamides is 1. The van der Waals surface area contributed by atoms with E-state index in [1.807, 2.05) is 0 Å². The number of hydrogen-bond acceptors (Lipinski definition) is 6. The van der Waals surface area contributed by atoms with Gasteiger partial charge < -0.3 is 4.90 Å². The molecule has 3 aromatic rings. The predicted octanol–water partition coefficient (Wildman–Crippen LogP) is 6.33. The van der Waals surface area contributed by atoms with Gasteiger partial charge in [-0.2, -0.15) is 0 Å². The molecule has 0 bridgehead atoms. The van der Waals surface area contributed by atoms with Crippen molar-refractivity contribution in [2.75, 3.05) is 18.0 Å². The molecule has 2 heterocycles. The normalized spacial score (nSPS) is 17.1. The summed E-state index contributed by atoms with van der Waals surface area (Å²) >= 11 is 3.31. The fourth-order valence-electron chi connectivity index (χ4n) is 5.89. The first kappa shape index (κ1) is 28.7. The van der Waals surface area contributed by atoms with E-state index in [1.54, 1.807) is 12.1 Å². The van der Waals surface area contributed by atoms with Crippen LogP contribution >= 0.6 is 15.9 Å². The van der Waals surface area contributed by atoms with Crippen molar-refractivity contribution in [1.82, 2.24) is 14.7 Å². The number of nitrogens with one attached hydrogen (secondary N) is 1. The van der Waals surface area contributed by atoms with Crippen molar-refractivity contribution in [3.05, 3.63) is 82.1 Å². The number of rotatable bonds is 9. The Kier molecular flexibility index (Phi) is 9.52. The van der Waals surface area contributed by atoms with Crippen molar-refractivity contribution in [2.45, 2.75) is 69.1 Å². The average molecular weight is 626 g/mol. The molecule has 1 aliphatic carbocycles. The largest absolute Gasteiger partial charge is 0.341 e. The molecular weight excluding hydrogens is 588 g/mol. The monoisotopic (exact) mass is 624 g/mol. The zero-order valence-electron chi connectivity index (χ0n) is 22.8. The molecule has 1 aromatic heterocycles. The molecule has 1 saturated carbocycles. The highest BCUT2D eigenvalue weighted by molar-refractivity contribution is 9.10. The molecule has 2 aliphatic rings. The van der Waals surface area contributed by atoms with E-state index in [2.05, 4.69) is 60.9 Å². The highest BCUT2D eigenvalue weighted by atomic mass is 79.9. The Balaban J connectivity index is 1.31. The second-order valence-corrected chi connectivity index (χ2v) is 13.7. The van der Waals surface area contributed by atoms with Gasteiger partial charge in [0.2, 0.25) is 5.95 Å². The maximum atomic E-state index is 13.3. The molecule has 212 valence electrons. The third-order valence-electron chi connectivity index (χ3n) is 8.23. The highest BCUT2D eigenvalue weighted by Gasteiger charge is 2.26. The molecule has 1 saturated heterocycles. The van der Waals surface area contributed by atoms with E-state index >= 15 is 0 Å². The van der Waals surface area contributed by atoms with Gasteiger partial charge in [0.15, 0.2) is 0 Å². The molecule has 1 N–H and O–H groups in total. The molecular formula is C31H37BrN4O3S. The minimum absolute atomic E-state index is 0.0312. The first-order chi connectivity index (χ1) is 19.4. The zero-order valence-corrected chi connectivity index (χ0v) is 25.2. The summed E-state index contributed by atoms with van der Waals surface area (Å²) < 4.78 is 28.8. The maximum absolute atomic E-state index is 13.3. The molecule has 7 nitrogen and oxygen atoms in total. The molecule has 2 fully saturated rings. The van der Waals surface area contributed by atoms with Crippen LogP contribution < -0.4 is 9.62 Å². The number of amides is 1. The van der Waals surface area contributed by atoms with Gasteiger partial charge >= 0.3 is 0 Å². The molecule has 40 heavy (non-hydrogen) atoms. The number of aryl methyl sites for hydroxylation is 1. The summed E-state index contributed by atoms with van der Waals surface area (Å²) in [5.74, 6) is 1.18. The van der Waals surface area contributed by atoms with Crippen LogP contribution in [0.3, 0.4) is 0 Å². The number of piperidine rings is 1. The lowest BCUT2D eigenvalue weighted by atomic mass is 9.85. The van der Waals surface area contributed by atoms with Crippen LogP contribution in [0.25, 0.3) is 0 Å². The summed E-state index contributed by atoms with van der Waals surface area (Å²) in [7, 11) is -4.03. The van der Waals surface area contributed by atoms with Crippen LogP contribution in [0, 0.1) is 11.8 Å². The summed E-state index contributed by atoms with van der Waals surface area (Å²) in [6.45, 7) is 1.73. The van der Waals surface area contributed by atoms with E-state index in [0.29, 0.717) is 29.9 Å². The molecule has 0 atom stereocenters. The summed E-state index contributed by atoms with van der Waals surface area (Å²) in [6, 6.07) is 16.8. The van der Waals surface area contributed by atoms with Gasteiger partial charge in [-0.1, -0.05) is 78.4 Å². The standard InChI is InChI=1S/C31H37BrN4O3S/c32-26-12-14-27(15-13-26)40(38,39)35-30(37)28-22-33-31(34-29(28)16-11-23-7-3-1-4-8-23)36-19-17-25(18-20-36)21-24-9-5-2-6-10-24/h2,5-6,9-10,12-15,22-23,25H,1,3-4,7-8,11,16-21H2,(H,35,37). The number of hydrogen-bond donors (Lipinski definition) is 1. The predicted molar refractivity (Wildman–Crippen MR) is 161 cm³/mol. The van der Waals surface area contributed by atoms with Crippen molar-refractivity contribution < 1.29 is 13.2 Å². The van der Waals surface area contributed by atoms with Crippen molar-refractivity contribution in [3.8, 4) is 0 Å². The van der Waals surface area contributed by atoms with E-state index in [9.17, 15) is 13.2 Å². The summed E-state index contributed by atoms with van der Waals surface area (Å²) in [5, 5.41) is 0. The fourth-order valence-corrected chi connectivity index (χ4v) is 7.12. The van der Waals surface area contributed by atoms with Crippen LogP contribution in [0.4, 0.5) is 5.95 Å². The van der Waals surface area contributed by atoms with Crippen LogP contribution in [-0.4, -0.2) is 37.4 Å². The highest BCUT2D eigenvalue weighted by Crippen LogP contribution is 2.29. The second kappa shape index (κ2) is 13.3. The molecule has 2 aromatic carbocycles. The van der Waals surface area contributed by atoms with Gasteiger partial charge in [0.25, 0.3) is 15.9 Å². The first-order valence-electron chi connectivity index (χ1n) is 14.3. The maximum Gasteiger partial charge on any atom is 0.268 e. The van der Waals surface area contributed by atoms with Crippen LogP contribution in [0.5, 0.6) is 0 Å². The third-order valence-corrected chi connectivity index (χ3v) is 10.1. The van der Waals surface area contributed by atoms with Crippen molar-refractivity contribution in [1.29, 1.82) is 0 Å². The smallest absolute Gasteiger partial charge is 0.268 e. The molecule has 5 rings (SSSR count). The topological polar surface area (TPSA) is 92.3 Å². The summed E-state index contributed by atoms with van der Waals surface area (Å²) in [5.41, 5.74) is 2.24. The number of carbonyl (C=O) groups excluding carboxylic acids is 1. The van der Waals surface area contributed by atoms with Crippen molar-refractivity contribution in [3.63, 3.8) is 0 Å². The molecule has 0 spiro atoms. The molecule has 0 radical (unpaired) electrons. The van der Waals surface area contributed by atoms with Gasteiger partial charge in [-0.05, 0) is 73.8 Å². The number of aromatic nitrogens is 2. The first-order valence-corrected chi connectivity index (χ1v) is 16.6.